The van der Waals surface area contributed by atoms with Crippen LogP contribution in [0.4, 0.5) is 10.9 Å². The van der Waals surface area contributed by atoms with E-state index in [1.807, 2.05) is 0 Å². The highest BCUT2D eigenvalue weighted by Crippen LogP contribution is 2.35. The van der Waals surface area contributed by atoms with Gasteiger partial charge in [0.05, 0.1) is 0 Å². The van der Waals surface area contributed by atoms with Gasteiger partial charge >= 0.3 is 0 Å². The number of carbonyl (C=O) groups excluding carboxylic acids is 1. The summed E-state index contributed by atoms with van der Waals surface area (Å²) in [5.74, 6) is 0.968. The quantitative estimate of drug-likeness (QED) is 0.883. The maximum absolute atomic E-state index is 12.2. The summed E-state index contributed by atoms with van der Waals surface area (Å²) in [5.41, 5.74) is 5.88. The largest absolute Gasteiger partial charge is 0.382 e. The first kappa shape index (κ1) is 12.7. The minimum absolute atomic E-state index is 0.0543. The van der Waals surface area contributed by atoms with Crippen LogP contribution in [0.25, 0.3) is 0 Å². The van der Waals surface area contributed by atoms with Gasteiger partial charge in [-0.15, -0.1) is 0 Å². The predicted molar refractivity (Wildman–Crippen MR) is 77.6 cm³/mol. The molecule has 0 radical (unpaired) electrons. The van der Waals surface area contributed by atoms with Gasteiger partial charge in [0.25, 0.3) is 5.91 Å². The fraction of sp³-hybridized carbons (Fsp3) is 0.692. The number of nitrogens with one attached hydrogen (secondary N) is 1. The molecule has 2 heterocycles. The van der Waals surface area contributed by atoms with Crippen LogP contribution in [0.15, 0.2) is 0 Å². The molecule has 2 atom stereocenters. The third kappa shape index (κ3) is 2.54. The molecule has 2 aliphatic rings. The fourth-order valence-electron chi connectivity index (χ4n) is 2.64. The van der Waals surface area contributed by atoms with Crippen LogP contribution < -0.4 is 16.0 Å². The number of amides is 1. The summed E-state index contributed by atoms with van der Waals surface area (Å²) in [6.07, 6.45) is 4.62. The monoisotopic (exact) mass is 280 g/mol. The van der Waals surface area contributed by atoms with Crippen LogP contribution in [0.3, 0.4) is 0 Å². The topological polar surface area (TPSA) is 71.2 Å². The number of hydrogen-bond donors (Lipinski definition) is 2. The summed E-state index contributed by atoms with van der Waals surface area (Å²) in [7, 11) is 0. The molecular formula is C13H20N4OS. The number of rotatable bonds is 4. The lowest BCUT2D eigenvalue weighted by molar-refractivity contribution is 0.0953. The Morgan fingerprint density at radius 1 is 1.53 bits per heavy atom. The van der Waals surface area contributed by atoms with Gasteiger partial charge < -0.3 is 16.0 Å². The van der Waals surface area contributed by atoms with E-state index < -0.39 is 0 Å². The van der Waals surface area contributed by atoms with Gasteiger partial charge in [-0.05, 0) is 25.2 Å². The van der Waals surface area contributed by atoms with Gasteiger partial charge in [-0.1, -0.05) is 24.7 Å². The Hall–Kier alpha value is -1.30. The fourth-order valence-corrected chi connectivity index (χ4v) is 3.58. The minimum atomic E-state index is -0.0543. The maximum Gasteiger partial charge on any atom is 0.265 e. The molecule has 0 spiro atoms. The molecule has 0 bridgehead atoms. The zero-order chi connectivity index (χ0) is 13.4. The first-order valence-electron chi connectivity index (χ1n) is 7.01. The summed E-state index contributed by atoms with van der Waals surface area (Å²) < 4.78 is 0. The van der Waals surface area contributed by atoms with E-state index in [9.17, 15) is 4.79 Å². The number of carbonyl (C=O) groups is 1. The molecule has 3 N–H and O–H groups in total. The number of aromatic nitrogens is 1. The molecule has 1 amide bonds. The average Bonchev–Trinajstić information content (AvgIpc) is 2.82. The van der Waals surface area contributed by atoms with Gasteiger partial charge in [-0.2, -0.15) is 0 Å². The third-order valence-electron chi connectivity index (χ3n) is 3.99. The van der Waals surface area contributed by atoms with Crippen molar-refractivity contribution in [2.24, 2.45) is 5.92 Å². The first-order chi connectivity index (χ1) is 9.19. The number of nitrogen functional groups attached to an aromatic ring is 1. The Bertz CT molecular complexity index is 481. The van der Waals surface area contributed by atoms with Crippen molar-refractivity contribution in [2.75, 3.05) is 23.7 Å². The van der Waals surface area contributed by atoms with Crippen LogP contribution in [0.2, 0.25) is 0 Å². The summed E-state index contributed by atoms with van der Waals surface area (Å²) >= 11 is 1.42. The van der Waals surface area contributed by atoms with E-state index in [0.717, 1.165) is 31.1 Å². The normalized spacial score (nSPS) is 25.6. The smallest absolute Gasteiger partial charge is 0.265 e. The van der Waals surface area contributed by atoms with Gasteiger partial charge in [0.1, 0.15) is 10.7 Å². The lowest BCUT2D eigenvalue weighted by Crippen LogP contribution is -2.26. The number of hydrogen-bond acceptors (Lipinski definition) is 5. The molecule has 1 aromatic rings. The molecular weight excluding hydrogens is 260 g/mol. The summed E-state index contributed by atoms with van der Waals surface area (Å²) in [6, 6.07) is 0.342. The van der Waals surface area contributed by atoms with Crippen LogP contribution in [0.1, 0.15) is 42.3 Å². The van der Waals surface area contributed by atoms with Crippen molar-refractivity contribution < 1.29 is 4.79 Å². The summed E-state index contributed by atoms with van der Waals surface area (Å²) in [6.45, 7) is 4.20. The molecule has 1 saturated heterocycles. The zero-order valence-corrected chi connectivity index (χ0v) is 12.0. The molecule has 19 heavy (non-hydrogen) atoms. The molecule has 3 rings (SSSR count). The van der Waals surface area contributed by atoms with Crippen LogP contribution in [0.5, 0.6) is 0 Å². The Labute approximate surface area is 117 Å². The second-order valence-electron chi connectivity index (χ2n) is 5.39. The molecule has 1 aliphatic carbocycles. The van der Waals surface area contributed by atoms with Crippen molar-refractivity contribution in [1.29, 1.82) is 0 Å². The number of nitrogens with two attached hydrogens (primary N) is 1. The Balaban J connectivity index is 1.68. The Morgan fingerprint density at radius 2 is 2.26 bits per heavy atom. The lowest BCUT2D eigenvalue weighted by atomic mass is 10.3. The summed E-state index contributed by atoms with van der Waals surface area (Å²) in [4.78, 5) is 19.3. The third-order valence-corrected chi connectivity index (χ3v) is 5.12. The second-order valence-corrected chi connectivity index (χ2v) is 6.37. The van der Waals surface area contributed by atoms with Crippen molar-refractivity contribution in [3.63, 3.8) is 0 Å². The van der Waals surface area contributed by atoms with Crippen LogP contribution >= 0.6 is 11.3 Å². The van der Waals surface area contributed by atoms with Crippen LogP contribution in [-0.2, 0) is 0 Å². The molecule has 6 heteroatoms. The molecule has 104 valence electrons. The van der Waals surface area contributed by atoms with E-state index in [1.165, 1.54) is 24.2 Å². The molecule has 1 saturated carbocycles. The van der Waals surface area contributed by atoms with E-state index in [-0.39, 0.29) is 5.91 Å². The van der Waals surface area contributed by atoms with E-state index in [0.29, 0.717) is 22.7 Å². The Kier molecular flexibility index (Phi) is 3.35. The van der Waals surface area contributed by atoms with Crippen molar-refractivity contribution >= 4 is 28.2 Å². The summed E-state index contributed by atoms with van der Waals surface area (Å²) in [5, 5.41) is 3.94. The van der Waals surface area contributed by atoms with Crippen molar-refractivity contribution in [2.45, 2.75) is 38.6 Å². The van der Waals surface area contributed by atoms with Gasteiger partial charge in [-0.3, -0.25) is 4.79 Å². The van der Waals surface area contributed by atoms with Gasteiger partial charge in [0, 0.05) is 19.1 Å². The molecule has 1 aliphatic heterocycles. The van der Waals surface area contributed by atoms with Crippen molar-refractivity contribution in [3.05, 3.63) is 4.88 Å². The zero-order valence-electron chi connectivity index (χ0n) is 11.2. The molecule has 0 aromatic carbocycles. The average molecular weight is 280 g/mol. The van der Waals surface area contributed by atoms with Crippen LogP contribution in [0, 0.1) is 5.92 Å². The molecule has 2 unspecified atom stereocenters. The van der Waals surface area contributed by atoms with Gasteiger partial charge in [0.2, 0.25) is 0 Å². The SMILES string of the molecule is CCC1CC1NC(=O)c1sc(N2CCCC2)nc1N. The highest BCUT2D eigenvalue weighted by atomic mass is 32.1. The van der Waals surface area contributed by atoms with Gasteiger partial charge in [0.15, 0.2) is 5.13 Å². The maximum atomic E-state index is 12.2. The van der Waals surface area contributed by atoms with Crippen LogP contribution in [-0.4, -0.2) is 30.0 Å². The predicted octanol–water partition coefficient (Wildman–Crippen LogP) is 1.85. The van der Waals surface area contributed by atoms with E-state index in [1.54, 1.807) is 0 Å². The van der Waals surface area contributed by atoms with E-state index in [2.05, 4.69) is 22.1 Å². The van der Waals surface area contributed by atoms with E-state index >= 15 is 0 Å². The lowest BCUT2D eigenvalue weighted by Gasteiger charge is -2.11. The first-order valence-corrected chi connectivity index (χ1v) is 7.82. The Morgan fingerprint density at radius 3 is 2.89 bits per heavy atom. The minimum Gasteiger partial charge on any atom is -0.382 e. The highest BCUT2D eigenvalue weighted by Gasteiger charge is 2.37. The molecule has 5 nitrogen and oxygen atoms in total. The van der Waals surface area contributed by atoms with E-state index in [4.69, 9.17) is 5.73 Å². The van der Waals surface area contributed by atoms with Crippen molar-refractivity contribution in [1.82, 2.24) is 10.3 Å². The second kappa shape index (κ2) is 5.00. The molecule has 1 aromatic heterocycles. The standard InChI is InChI=1S/C13H20N4OS/c1-2-8-7-9(8)15-12(18)10-11(14)16-13(19-10)17-5-3-4-6-17/h8-9H,2-7,14H2,1H3,(H,15,18). The molecule has 2 fully saturated rings. The van der Waals surface area contributed by atoms with Crippen molar-refractivity contribution in [3.8, 4) is 0 Å². The number of nitrogens with zero attached hydrogens (tertiary/aromatic N) is 2. The van der Waals surface area contributed by atoms with Gasteiger partial charge in [-0.25, -0.2) is 4.98 Å². The number of anilines is 2. The number of thiazole rings is 1. The highest BCUT2D eigenvalue weighted by molar-refractivity contribution is 7.18.